The van der Waals surface area contributed by atoms with Gasteiger partial charge in [-0.2, -0.15) is 0 Å². The van der Waals surface area contributed by atoms with E-state index in [9.17, 15) is 0 Å². The summed E-state index contributed by atoms with van der Waals surface area (Å²) in [5.74, 6) is 1.47. The van der Waals surface area contributed by atoms with E-state index in [1.54, 1.807) is 0 Å². The van der Waals surface area contributed by atoms with Crippen molar-refractivity contribution < 1.29 is 0 Å². The normalized spacial score (nSPS) is 12.0. The van der Waals surface area contributed by atoms with Crippen molar-refractivity contribution in [2.45, 2.75) is 6.42 Å². The van der Waals surface area contributed by atoms with E-state index in [0.29, 0.717) is 0 Å². The molecule has 0 N–H and O–H groups in total. The van der Waals surface area contributed by atoms with E-state index in [1.165, 1.54) is 110 Å². The molecule has 0 radical (unpaired) electrons. The SMILES string of the molecule is Brc1ccc(-c2nc(-c3ccccc3)c3ccccc3n2)cc1.c1ccc(-c2nc(-c3ccc(-n4c5ccccc5c5c6c(ccc54)-c4cccc5cccc-6c45)cc3)nc3ccccc23)cc1.c1ccc2c(c1)Cc1ccc3c(c1-2)-c1cccc2cccc-3c12. The Kier molecular flexibility index (Phi) is 12.4. The molecule has 3 aromatic heterocycles. The Bertz CT molecular complexity index is 5790. The monoisotopic (exact) mass is 1220 g/mol. The second-order valence-electron chi connectivity index (χ2n) is 23.6. The minimum atomic E-state index is 0.727. The highest BCUT2D eigenvalue weighted by atomic mass is 79.9. The number of hydrogen-bond acceptors (Lipinski definition) is 4. The van der Waals surface area contributed by atoms with Crippen LogP contribution >= 0.6 is 15.9 Å². The summed E-state index contributed by atoms with van der Waals surface area (Å²) in [7, 11) is 0. The van der Waals surface area contributed by atoms with Gasteiger partial charge in [-0.25, -0.2) is 19.9 Å². The van der Waals surface area contributed by atoms with Gasteiger partial charge in [-0.05, 0) is 150 Å². The fourth-order valence-electron chi connectivity index (χ4n) is 14.5. The number of halogens is 1. The molecule has 0 spiro atoms. The molecule has 3 aliphatic carbocycles. The third-order valence-corrected chi connectivity index (χ3v) is 19.0. The summed E-state index contributed by atoms with van der Waals surface area (Å²) in [6.45, 7) is 0. The van der Waals surface area contributed by atoms with Gasteiger partial charge in [0.15, 0.2) is 11.6 Å². The lowest BCUT2D eigenvalue weighted by atomic mass is 9.93. The molecule has 5 nitrogen and oxygen atoms in total. The van der Waals surface area contributed by atoms with Gasteiger partial charge in [0, 0.05) is 59.5 Å². The largest absolute Gasteiger partial charge is 0.309 e. The summed E-state index contributed by atoms with van der Waals surface area (Å²) < 4.78 is 3.44. The topological polar surface area (TPSA) is 56.5 Å². The Labute approximate surface area is 534 Å². The van der Waals surface area contributed by atoms with Gasteiger partial charge in [0.05, 0.1) is 33.5 Å². The Hall–Kier alpha value is -11.4. The Morgan fingerprint density at radius 1 is 0.275 bits per heavy atom. The zero-order valence-electron chi connectivity index (χ0n) is 49.2. The van der Waals surface area contributed by atoms with Crippen molar-refractivity contribution in [2.24, 2.45) is 0 Å². The molecule has 3 aliphatic rings. The molecule has 0 saturated heterocycles. The van der Waals surface area contributed by atoms with Gasteiger partial charge in [0.2, 0.25) is 0 Å². The van der Waals surface area contributed by atoms with Gasteiger partial charge in [0.25, 0.3) is 0 Å². The van der Waals surface area contributed by atoms with Crippen molar-refractivity contribution >= 4 is 81.1 Å². The van der Waals surface area contributed by atoms with Crippen LogP contribution in [0, 0.1) is 0 Å². The molecule has 0 bridgehead atoms. The highest BCUT2D eigenvalue weighted by molar-refractivity contribution is 9.10. The van der Waals surface area contributed by atoms with Gasteiger partial charge in [-0.15, -0.1) is 0 Å². The standard InChI is InChI=1S/C42H25N3.C23H14.C20H13BrN2/c1-2-10-27(11-3-1)41-32-14-4-6-18-35(32)43-42(44-41)28-20-22-29(23-21-28)45-36-19-7-5-15-33(36)40-37(45)25-24-31-30-16-8-12-26-13-9-17-34(38(26)30)39(31)40;1-2-8-17-15(5-1)13-16-11-12-19-18-9-3-6-14-7-4-10-20(21(14)18)23(19)22(16)17;21-16-12-10-15(11-13-16)20-22-18-9-5-4-8-17(18)19(23-20)14-6-2-1-3-7-14/h1-25H;1-12H,13H2;1-13H. The van der Waals surface area contributed by atoms with Crippen LogP contribution in [0.4, 0.5) is 0 Å². The van der Waals surface area contributed by atoms with Crippen molar-refractivity contribution in [1.29, 1.82) is 0 Å². The molecular weight excluding hydrogens is 1170 g/mol. The highest BCUT2D eigenvalue weighted by Crippen LogP contribution is 2.55. The third kappa shape index (κ3) is 8.66. The first-order chi connectivity index (χ1) is 45.1. The molecule has 0 fully saturated rings. The predicted molar refractivity (Wildman–Crippen MR) is 381 cm³/mol. The molecule has 0 saturated carbocycles. The first-order valence-electron chi connectivity index (χ1n) is 30.9. The van der Waals surface area contributed by atoms with Crippen molar-refractivity contribution in [1.82, 2.24) is 24.5 Å². The van der Waals surface area contributed by atoms with Gasteiger partial charge in [-0.1, -0.05) is 259 Å². The van der Waals surface area contributed by atoms with Gasteiger partial charge < -0.3 is 4.57 Å². The maximum absolute atomic E-state index is 5.09. The molecule has 0 aliphatic heterocycles. The lowest BCUT2D eigenvalue weighted by Gasteiger charge is -2.11. The summed E-state index contributed by atoms with van der Waals surface area (Å²) in [4.78, 5) is 19.7. The Morgan fingerprint density at radius 2 is 0.747 bits per heavy atom. The zero-order chi connectivity index (χ0) is 60.1. The van der Waals surface area contributed by atoms with Crippen LogP contribution in [0.25, 0.3) is 172 Å². The summed E-state index contributed by atoms with van der Waals surface area (Å²) in [5.41, 5.74) is 28.3. The number of benzene rings is 14. The fourth-order valence-corrected chi connectivity index (χ4v) is 14.8. The van der Waals surface area contributed by atoms with Crippen LogP contribution in [0.1, 0.15) is 11.1 Å². The first-order valence-corrected chi connectivity index (χ1v) is 31.7. The minimum Gasteiger partial charge on any atom is -0.309 e. The zero-order valence-corrected chi connectivity index (χ0v) is 50.8. The molecule has 0 unspecified atom stereocenters. The van der Waals surface area contributed by atoms with E-state index in [-0.39, 0.29) is 0 Å². The number of fused-ring (bicyclic) bond motifs is 16. The summed E-state index contributed by atoms with van der Waals surface area (Å²) >= 11 is 3.47. The Balaban J connectivity index is 0.000000112. The number of para-hydroxylation sites is 3. The molecule has 424 valence electrons. The molecule has 0 amide bonds. The summed E-state index contributed by atoms with van der Waals surface area (Å²) in [6.07, 6.45) is 1.06. The van der Waals surface area contributed by atoms with Crippen molar-refractivity contribution in [3.05, 3.63) is 319 Å². The van der Waals surface area contributed by atoms with Crippen LogP contribution < -0.4 is 0 Å². The first kappa shape index (κ1) is 52.7. The summed E-state index contributed by atoms with van der Waals surface area (Å²) in [6, 6.07) is 107. The van der Waals surface area contributed by atoms with Crippen molar-refractivity contribution in [2.75, 3.05) is 0 Å². The number of aromatic nitrogens is 5. The molecule has 20 rings (SSSR count). The van der Waals surface area contributed by atoms with Crippen LogP contribution in [0.3, 0.4) is 0 Å². The minimum absolute atomic E-state index is 0.727. The molecular formula is C85H52BrN5. The average molecular weight is 1220 g/mol. The van der Waals surface area contributed by atoms with Crippen LogP contribution in [-0.4, -0.2) is 24.5 Å². The maximum atomic E-state index is 5.09. The predicted octanol–water partition coefficient (Wildman–Crippen LogP) is 22.6. The Morgan fingerprint density at radius 3 is 1.35 bits per heavy atom. The lowest BCUT2D eigenvalue weighted by Crippen LogP contribution is -1.97. The van der Waals surface area contributed by atoms with Crippen LogP contribution in [-0.2, 0) is 6.42 Å². The van der Waals surface area contributed by atoms with Crippen LogP contribution in [0.15, 0.2) is 308 Å². The maximum Gasteiger partial charge on any atom is 0.160 e. The van der Waals surface area contributed by atoms with Crippen molar-refractivity contribution in [3.63, 3.8) is 0 Å². The number of rotatable bonds is 5. The molecule has 14 aromatic carbocycles. The van der Waals surface area contributed by atoms with E-state index >= 15 is 0 Å². The van der Waals surface area contributed by atoms with Gasteiger partial charge >= 0.3 is 0 Å². The molecule has 3 heterocycles. The van der Waals surface area contributed by atoms with Gasteiger partial charge in [0.1, 0.15) is 0 Å². The van der Waals surface area contributed by atoms with Crippen LogP contribution in [0.2, 0.25) is 0 Å². The molecule has 0 atom stereocenters. The van der Waals surface area contributed by atoms with E-state index in [2.05, 4.69) is 245 Å². The summed E-state index contributed by atoms with van der Waals surface area (Å²) in [5, 5.41) is 10.1. The van der Waals surface area contributed by atoms with Crippen LogP contribution in [0.5, 0.6) is 0 Å². The molecule has 91 heavy (non-hydrogen) atoms. The fraction of sp³-hybridized carbons (Fsp3) is 0.0118. The quantitative estimate of drug-likeness (QED) is 0.172. The average Bonchev–Trinajstić information content (AvgIpc) is 1.61. The van der Waals surface area contributed by atoms with Crippen molar-refractivity contribution in [3.8, 4) is 107 Å². The van der Waals surface area contributed by atoms with Gasteiger partial charge in [-0.3, -0.25) is 0 Å². The molecule has 17 aromatic rings. The molecule has 6 heteroatoms. The van der Waals surface area contributed by atoms with E-state index in [0.717, 1.165) is 83.7 Å². The highest BCUT2D eigenvalue weighted by Gasteiger charge is 2.30. The smallest absolute Gasteiger partial charge is 0.160 e. The lowest BCUT2D eigenvalue weighted by molar-refractivity contribution is 1.17. The third-order valence-electron chi connectivity index (χ3n) is 18.5. The second-order valence-corrected chi connectivity index (χ2v) is 24.5. The number of hydrogen-bond donors (Lipinski definition) is 0. The second kappa shape index (κ2) is 21.4. The van der Waals surface area contributed by atoms with E-state index in [1.807, 2.05) is 78.9 Å². The number of nitrogens with zero attached hydrogens (tertiary/aromatic N) is 5. The van der Waals surface area contributed by atoms with E-state index < -0.39 is 0 Å². The van der Waals surface area contributed by atoms with E-state index in [4.69, 9.17) is 19.9 Å².